The van der Waals surface area contributed by atoms with Crippen LogP contribution in [0, 0.1) is 0 Å². The van der Waals surface area contributed by atoms with Crippen molar-refractivity contribution >= 4 is 11.8 Å². The lowest BCUT2D eigenvalue weighted by atomic mass is 10.2. The Kier molecular flexibility index (Phi) is 3.56. The topological polar surface area (TPSA) is 66.5 Å². The first kappa shape index (κ1) is 11.7. The lowest BCUT2D eigenvalue weighted by Gasteiger charge is -2.08. The number of pyridine rings is 1. The monoisotopic (exact) mass is 261 g/mol. The first-order chi connectivity index (χ1) is 8.92. The molecule has 0 bridgehead atoms. The van der Waals surface area contributed by atoms with Crippen molar-refractivity contribution in [2.24, 2.45) is 0 Å². The van der Waals surface area contributed by atoms with Crippen LogP contribution in [0.15, 0.2) is 24.5 Å². The van der Waals surface area contributed by atoms with E-state index in [4.69, 9.17) is 0 Å². The van der Waals surface area contributed by atoms with E-state index in [2.05, 4.69) is 25.5 Å². The van der Waals surface area contributed by atoms with Crippen LogP contribution in [0.1, 0.15) is 12.2 Å². The second-order valence-electron chi connectivity index (χ2n) is 4.28. The van der Waals surface area contributed by atoms with Crippen LogP contribution in [0.25, 0.3) is 11.4 Å². The molecule has 0 aromatic carbocycles. The van der Waals surface area contributed by atoms with Gasteiger partial charge in [-0.3, -0.25) is 10.1 Å². The number of rotatable bonds is 4. The predicted molar refractivity (Wildman–Crippen MR) is 72.2 cm³/mol. The number of aromatic amines is 1. The predicted octanol–water partition coefficient (Wildman–Crippen LogP) is 1.46. The van der Waals surface area contributed by atoms with Crippen LogP contribution in [0.2, 0.25) is 0 Å². The molecule has 2 aromatic heterocycles. The molecule has 0 aliphatic carbocycles. The second kappa shape index (κ2) is 5.49. The zero-order valence-electron chi connectivity index (χ0n) is 9.97. The van der Waals surface area contributed by atoms with Crippen molar-refractivity contribution in [1.82, 2.24) is 25.5 Å². The van der Waals surface area contributed by atoms with E-state index < -0.39 is 0 Å². The summed E-state index contributed by atoms with van der Waals surface area (Å²) in [5.41, 5.74) is 0.990. The summed E-state index contributed by atoms with van der Waals surface area (Å²) in [4.78, 5) is 8.46. The normalized spacial score (nSPS) is 19.2. The Labute approximate surface area is 110 Å². The number of H-pyrrole nitrogens is 1. The van der Waals surface area contributed by atoms with Crippen molar-refractivity contribution in [2.75, 3.05) is 11.5 Å². The van der Waals surface area contributed by atoms with Crippen LogP contribution in [-0.2, 0) is 6.54 Å². The molecule has 2 N–H and O–H groups in total. The quantitative estimate of drug-likeness (QED) is 0.872. The van der Waals surface area contributed by atoms with Gasteiger partial charge in [-0.2, -0.15) is 16.9 Å². The van der Waals surface area contributed by atoms with Crippen LogP contribution < -0.4 is 5.32 Å². The van der Waals surface area contributed by atoms with Crippen molar-refractivity contribution in [2.45, 2.75) is 19.0 Å². The summed E-state index contributed by atoms with van der Waals surface area (Å²) in [6.45, 7) is 0.753. The number of nitrogens with one attached hydrogen (secondary N) is 2. The molecular weight excluding hydrogens is 246 g/mol. The molecule has 1 aliphatic heterocycles. The Bertz CT molecular complexity index is 492. The molecule has 0 radical (unpaired) electrons. The van der Waals surface area contributed by atoms with E-state index in [0.29, 0.717) is 6.04 Å². The van der Waals surface area contributed by atoms with E-state index in [-0.39, 0.29) is 0 Å². The number of aromatic nitrogens is 4. The van der Waals surface area contributed by atoms with Gasteiger partial charge in [-0.15, -0.1) is 0 Å². The Morgan fingerprint density at radius 3 is 3.06 bits per heavy atom. The third-order valence-corrected chi connectivity index (χ3v) is 4.12. The summed E-state index contributed by atoms with van der Waals surface area (Å²) in [5, 5.41) is 10.7. The molecule has 0 unspecified atom stereocenters. The fraction of sp³-hybridized carbons (Fsp3) is 0.417. The van der Waals surface area contributed by atoms with Gasteiger partial charge in [0, 0.05) is 29.8 Å². The van der Waals surface area contributed by atoms with Gasteiger partial charge in [0.1, 0.15) is 5.82 Å². The number of nitrogens with zero attached hydrogens (tertiary/aromatic N) is 3. The fourth-order valence-electron chi connectivity index (χ4n) is 1.94. The van der Waals surface area contributed by atoms with Crippen molar-refractivity contribution < 1.29 is 0 Å². The summed E-state index contributed by atoms with van der Waals surface area (Å²) in [6, 6.07) is 4.44. The SMILES string of the molecule is c1cc(-c2n[nH]c(CN[C@@H]3CCSC3)n2)ccn1. The summed E-state index contributed by atoms with van der Waals surface area (Å²) in [5.74, 6) is 4.08. The lowest BCUT2D eigenvalue weighted by Crippen LogP contribution is -2.28. The van der Waals surface area contributed by atoms with Crippen molar-refractivity contribution in [3.63, 3.8) is 0 Å². The van der Waals surface area contributed by atoms with Crippen molar-refractivity contribution in [1.29, 1.82) is 0 Å². The highest BCUT2D eigenvalue weighted by Gasteiger charge is 2.15. The zero-order valence-corrected chi connectivity index (χ0v) is 10.8. The van der Waals surface area contributed by atoms with Gasteiger partial charge in [-0.1, -0.05) is 0 Å². The molecule has 1 atom stereocenters. The maximum Gasteiger partial charge on any atom is 0.181 e. The van der Waals surface area contributed by atoms with E-state index >= 15 is 0 Å². The smallest absolute Gasteiger partial charge is 0.181 e. The van der Waals surface area contributed by atoms with E-state index in [0.717, 1.165) is 23.8 Å². The van der Waals surface area contributed by atoms with Crippen LogP contribution in [0.3, 0.4) is 0 Å². The highest BCUT2D eigenvalue weighted by molar-refractivity contribution is 7.99. The molecule has 1 fully saturated rings. The first-order valence-electron chi connectivity index (χ1n) is 6.04. The van der Waals surface area contributed by atoms with Crippen LogP contribution >= 0.6 is 11.8 Å². The molecule has 0 amide bonds. The summed E-state index contributed by atoms with van der Waals surface area (Å²) in [6.07, 6.45) is 4.74. The minimum Gasteiger partial charge on any atom is -0.306 e. The first-order valence-corrected chi connectivity index (χ1v) is 7.20. The van der Waals surface area contributed by atoms with Crippen LogP contribution in [0.4, 0.5) is 0 Å². The maximum absolute atomic E-state index is 4.48. The van der Waals surface area contributed by atoms with Gasteiger partial charge in [0.05, 0.1) is 6.54 Å². The van der Waals surface area contributed by atoms with Gasteiger partial charge >= 0.3 is 0 Å². The van der Waals surface area contributed by atoms with Gasteiger partial charge in [0.2, 0.25) is 0 Å². The standard InChI is InChI=1S/C12H15N5S/c1-4-13-5-2-9(1)12-15-11(16-17-12)7-14-10-3-6-18-8-10/h1-2,4-5,10,14H,3,6-8H2,(H,15,16,17)/t10-/m1/s1. The Morgan fingerprint density at radius 2 is 2.28 bits per heavy atom. The molecule has 6 heteroatoms. The Morgan fingerprint density at radius 1 is 1.39 bits per heavy atom. The number of hydrogen-bond donors (Lipinski definition) is 2. The molecule has 1 aliphatic rings. The highest BCUT2D eigenvalue weighted by atomic mass is 32.2. The molecule has 5 nitrogen and oxygen atoms in total. The molecule has 2 aromatic rings. The van der Waals surface area contributed by atoms with Gasteiger partial charge in [-0.25, -0.2) is 4.98 Å². The largest absolute Gasteiger partial charge is 0.306 e. The van der Waals surface area contributed by atoms with Crippen molar-refractivity contribution in [3.8, 4) is 11.4 Å². The zero-order chi connectivity index (χ0) is 12.2. The molecule has 0 saturated carbocycles. The van der Waals surface area contributed by atoms with Crippen LogP contribution in [0.5, 0.6) is 0 Å². The third kappa shape index (κ3) is 2.70. The second-order valence-corrected chi connectivity index (χ2v) is 5.43. The van der Waals surface area contributed by atoms with E-state index in [1.165, 1.54) is 17.9 Å². The van der Waals surface area contributed by atoms with Gasteiger partial charge < -0.3 is 5.32 Å². The molecule has 1 saturated heterocycles. The third-order valence-electron chi connectivity index (χ3n) is 2.96. The average Bonchev–Trinajstić information content (AvgIpc) is 3.09. The van der Waals surface area contributed by atoms with Crippen molar-refractivity contribution in [3.05, 3.63) is 30.4 Å². The maximum atomic E-state index is 4.48. The minimum absolute atomic E-state index is 0.615. The Balaban J connectivity index is 1.63. The fourth-order valence-corrected chi connectivity index (χ4v) is 3.13. The molecule has 3 rings (SSSR count). The Hall–Kier alpha value is -1.40. The number of thioether (sulfide) groups is 1. The average molecular weight is 261 g/mol. The van der Waals surface area contributed by atoms with Gasteiger partial charge in [0.15, 0.2) is 5.82 Å². The molecule has 3 heterocycles. The van der Waals surface area contributed by atoms with Crippen LogP contribution in [-0.4, -0.2) is 37.7 Å². The minimum atomic E-state index is 0.615. The van der Waals surface area contributed by atoms with E-state index in [1.54, 1.807) is 12.4 Å². The van der Waals surface area contributed by atoms with Gasteiger partial charge in [0.25, 0.3) is 0 Å². The molecule has 18 heavy (non-hydrogen) atoms. The summed E-state index contributed by atoms with van der Waals surface area (Å²) >= 11 is 2.00. The van der Waals surface area contributed by atoms with E-state index in [1.807, 2.05) is 23.9 Å². The lowest BCUT2D eigenvalue weighted by molar-refractivity contribution is 0.545. The summed E-state index contributed by atoms with van der Waals surface area (Å²) < 4.78 is 0. The molecular formula is C12H15N5S. The van der Waals surface area contributed by atoms with E-state index in [9.17, 15) is 0 Å². The van der Waals surface area contributed by atoms with Gasteiger partial charge in [-0.05, 0) is 24.3 Å². The molecule has 0 spiro atoms. The number of hydrogen-bond acceptors (Lipinski definition) is 5. The summed E-state index contributed by atoms with van der Waals surface area (Å²) in [7, 11) is 0. The molecule has 94 valence electrons. The highest BCUT2D eigenvalue weighted by Crippen LogP contribution is 2.17.